The quantitative estimate of drug-likeness (QED) is 0.640. The fourth-order valence-corrected chi connectivity index (χ4v) is 1.26. The molecule has 1 heterocycles. The molecule has 1 aromatic rings. The molecular formula is C9H17N3. The molecule has 12 heavy (non-hydrogen) atoms. The highest BCUT2D eigenvalue weighted by Gasteiger charge is 2.18. The lowest BCUT2D eigenvalue weighted by molar-refractivity contribution is 0.348. The van der Waals surface area contributed by atoms with Crippen molar-refractivity contribution in [2.24, 2.45) is 0 Å². The van der Waals surface area contributed by atoms with Crippen LogP contribution >= 0.6 is 0 Å². The molecule has 0 fully saturated rings. The van der Waals surface area contributed by atoms with Crippen LogP contribution < -0.4 is 5.73 Å². The lowest BCUT2D eigenvalue weighted by Crippen LogP contribution is -2.24. The molecule has 0 unspecified atom stereocenters. The van der Waals surface area contributed by atoms with Gasteiger partial charge in [-0.3, -0.25) is 4.68 Å². The number of nitrogen functional groups attached to an aromatic ring is 1. The van der Waals surface area contributed by atoms with Crippen LogP contribution in [0.1, 0.15) is 32.0 Å². The van der Waals surface area contributed by atoms with E-state index in [0.29, 0.717) is 5.82 Å². The number of aromatic nitrogens is 2. The van der Waals surface area contributed by atoms with Gasteiger partial charge in [-0.05, 0) is 34.6 Å². The second-order valence-electron chi connectivity index (χ2n) is 4.18. The molecule has 0 spiro atoms. The van der Waals surface area contributed by atoms with E-state index in [0.717, 1.165) is 11.3 Å². The van der Waals surface area contributed by atoms with Gasteiger partial charge < -0.3 is 5.73 Å². The van der Waals surface area contributed by atoms with Crippen molar-refractivity contribution in [2.45, 2.75) is 40.2 Å². The lowest BCUT2D eigenvalue weighted by Gasteiger charge is -2.21. The van der Waals surface area contributed by atoms with E-state index in [2.05, 4.69) is 25.9 Å². The Balaban J connectivity index is 3.28. The zero-order valence-corrected chi connectivity index (χ0v) is 8.47. The van der Waals surface area contributed by atoms with Crippen molar-refractivity contribution in [1.29, 1.82) is 0 Å². The highest BCUT2D eigenvalue weighted by molar-refractivity contribution is 5.41. The number of rotatable bonds is 0. The van der Waals surface area contributed by atoms with Crippen LogP contribution in [0.25, 0.3) is 0 Å². The summed E-state index contributed by atoms with van der Waals surface area (Å²) in [6.07, 6.45) is 0. The van der Waals surface area contributed by atoms with E-state index >= 15 is 0 Å². The van der Waals surface area contributed by atoms with E-state index in [1.165, 1.54) is 0 Å². The first-order valence-corrected chi connectivity index (χ1v) is 4.16. The summed E-state index contributed by atoms with van der Waals surface area (Å²) >= 11 is 0. The Bertz CT molecular complexity index is 291. The summed E-state index contributed by atoms with van der Waals surface area (Å²) < 4.78 is 1.97. The Labute approximate surface area is 73.6 Å². The van der Waals surface area contributed by atoms with Crippen LogP contribution in [0.2, 0.25) is 0 Å². The monoisotopic (exact) mass is 167 g/mol. The third-order valence-electron chi connectivity index (χ3n) is 2.09. The van der Waals surface area contributed by atoms with Crippen LogP contribution in [0.15, 0.2) is 0 Å². The first-order valence-electron chi connectivity index (χ1n) is 4.16. The van der Waals surface area contributed by atoms with E-state index in [9.17, 15) is 0 Å². The molecule has 0 amide bonds. The third-order valence-corrected chi connectivity index (χ3v) is 2.09. The molecule has 0 saturated heterocycles. The van der Waals surface area contributed by atoms with Gasteiger partial charge in [0.15, 0.2) is 0 Å². The predicted molar refractivity (Wildman–Crippen MR) is 51.1 cm³/mol. The van der Waals surface area contributed by atoms with Crippen molar-refractivity contribution in [1.82, 2.24) is 9.78 Å². The van der Waals surface area contributed by atoms with Gasteiger partial charge in [-0.1, -0.05) is 0 Å². The molecule has 2 N–H and O–H groups in total. The molecule has 0 atom stereocenters. The van der Waals surface area contributed by atoms with Gasteiger partial charge >= 0.3 is 0 Å². The topological polar surface area (TPSA) is 43.8 Å². The van der Waals surface area contributed by atoms with Gasteiger partial charge in [0, 0.05) is 11.3 Å². The molecule has 0 aliphatic rings. The van der Waals surface area contributed by atoms with Gasteiger partial charge in [0.25, 0.3) is 0 Å². The van der Waals surface area contributed by atoms with E-state index in [-0.39, 0.29) is 5.54 Å². The number of nitrogens with zero attached hydrogens (tertiary/aromatic N) is 2. The van der Waals surface area contributed by atoms with Crippen LogP contribution in [0.3, 0.4) is 0 Å². The number of nitrogens with two attached hydrogens (primary N) is 1. The number of anilines is 1. The minimum absolute atomic E-state index is 0.0203. The van der Waals surface area contributed by atoms with Crippen LogP contribution in [-0.2, 0) is 5.54 Å². The van der Waals surface area contributed by atoms with E-state index < -0.39 is 0 Å². The standard InChI is InChI=1S/C9H17N3/c1-6-7(2)12(9(3,4)5)11-8(6)10/h1-5H3,(H2,10,11). The Morgan fingerprint density at radius 3 is 1.92 bits per heavy atom. The molecule has 1 aromatic heterocycles. The van der Waals surface area contributed by atoms with Gasteiger partial charge in [-0.25, -0.2) is 0 Å². The summed E-state index contributed by atoms with van der Waals surface area (Å²) in [5, 5.41) is 4.28. The maximum Gasteiger partial charge on any atom is 0.148 e. The first kappa shape index (κ1) is 9.10. The fourth-order valence-electron chi connectivity index (χ4n) is 1.26. The highest BCUT2D eigenvalue weighted by Crippen LogP contribution is 2.21. The zero-order valence-electron chi connectivity index (χ0n) is 8.47. The zero-order chi connectivity index (χ0) is 9.52. The summed E-state index contributed by atoms with van der Waals surface area (Å²) in [4.78, 5) is 0. The average molecular weight is 167 g/mol. The normalized spacial score (nSPS) is 12.1. The van der Waals surface area contributed by atoms with Crippen molar-refractivity contribution in [2.75, 3.05) is 5.73 Å². The maximum atomic E-state index is 5.71. The molecule has 3 heteroatoms. The minimum atomic E-state index is 0.0203. The van der Waals surface area contributed by atoms with E-state index in [1.54, 1.807) is 0 Å². The van der Waals surface area contributed by atoms with Gasteiger partial charge in [-0.2, -0.15) is 5.10 Å². The molecule has 0 bridgehead atoms. The van der Waals surface area contributed by atoms with Crippen molar-refractivity contribution in [3.05, 3.63) is 11.3 Å². The van der Waals surface area contributed by atoms with E-state index in [4.69, 9.17) is 5.73 Å². The van der Waals surface area contributed by atoms with Gasteiger partial charge in [0.1, 0.15) is 5.82 Å². The highest BCUT2D eigenvalue weighted by atomic mass is 15.3. The minimum Gasteiger partial charge on any atom is -0.382 e. The molecule has 0 saturated carbocycles. The summed E-state index contributed by atoms with van der Waals surface area (Å²) in [5.41, 5.74) is 7.97. The molecule has 3 nitrogen and oxygen atoms in total. The van der Waals surface area contributed by atoms with Crippen molar-refractivity contribution >= 4 is 5.82 Å². The molecule has 0 aliphatic heterocycles. The molecule has 0 aliphatic carbocycles. The molecular weight excluding hydrogens is 150 g/mol. The largest absolute Gasteiger partial charge is 0.382 e. The van der Waals surface area contributed by atoms with Crippen molar-refractivity contribution in [3.8, 4) is 0 Å². The van der Waals surface area contributed by atoms with Crippen LogP contribution in [0.4, 0.5) is 5.82 Å². The summed E-state index contributed by atoms with van der Waals surface area (Å²) in [7, 11) is 0. The fraction of sp³-hybridized carbons (Fsp3) is 0.667. The van der Waals surface area contributed by atoms with Crippen molar-refractivity contribution in [3.63, 3.8) is 0 Å². The number of hydrogen-bond donors (Lipinski definition) is 1. The van der Waals surface area contributed by atoms with Gasteiger partial charge in [-0.15, -0.1) is 0 Å². The second-order valence-corrected chi connectivity index (χ2v) is 4.18. The summed E-state index contributed by atoms with van der Waals surface area (Å²) in [5.74, 6) is 0.641. The molecule has 0 radical (unpaired) electrons. The molecule has 0 aromatic carbocycles. The average Bonchev–Trinajstić information content (AvgIpc) is 2.15. The maximum absolute atomic E-state index is 5.71. The lowest BCUT2D eigenvalue weighted by atomic mass is 10.1. The van der Waals surface area contributed by atoms with Crippen molar-refractivity contribution < 1.29 is 0 Å². The predicted octanol–water partition coefficient (Wildman–Crippen LogP) is 1.84. The number of hydrogen-bond acceptors (Lipinski definition) is 2. The smallest absolute Gasteiger partial charge is 0.148 e. The Morgan fingerprint density at radius 2 is 1.75 bits per heavy atom. The summed E-state index contributed by atoms with van der Waals surface area (Å²) in [6.45, 7) is 10.4. The van der Waals surface area contributed by atoms with Crippen LogP contribution in [-0.4, -0.2) is 9.78 Å². The molecule has 1 rings (SSSR count). The van der Waals surface area contributed by atoms with Gasteiger partial charge in [0.2, 0.25) is 0 Å². The second kappa shape index (κ2) is 2.51. The summed E-state index contributed by atoms with van der Waals surface area (Å²) in [6, 6.07) is 0. The Morgan fingerprint density at radius 1 is 1.25 bits per heavy atom. The Hall–Kier alpha value is -0.990. The SMILES string of the molecule is Cc1c(N)nn(C(C)(C)C)c1C. The van der Waals surface area contributed by atoms with E-state index in [1.807, 2.05) is 18.5 Å². The third kappa shape index (κ3) is 1.31. The van der Waals surface area contributed by atoms with Crippen LogP contribution in [0, 0.1) is 13.8 Å². The first-order chi connectivity index (χ1) is 5.34. The molecule has 68 valence electrons. The van der Waals surface area contributed by atoms with Crippen LogP contribution in [0.5, 0.6) is 0 Å². The van der Waals surface area contributed by atoms with Gasteiger partial charge in [0.05, 0.1) is 5.54 Å². The Kier molecular flexibility index (Phi) is 1.90.